The van der Waals surface area contributed by atoms with Gasteiger partial charge in [-0.05, 0) is 99.9 Å². The maximum atomic E-state index is 14.0. The van der Waals surface area contributed by atoms with Crippen LogP contribution in [0.1, 0.15) is 44.5 Å². The quantitative estimate of drug-likeness (QED) is 0.138. The second-order valence-electron chi connectivity index (χ2n) is 17.0. The molecule has 0 N–H and O–H groups in total. The molecule has 344 valence electrons. The number of aryl methyl sites for hydroxylation is 8. The fourth-order valence-corrected chi connectivity index (χ4v) is 12.0. The zero-order valence-corrected chi connectivity index (χ0v) is 40.3. The first-order valence-corrected chi connectivity index (χ1v) is 23.9. The van der Waals surface area contributed by atoms with Crippen molar-refractivity contribution in [2.45, 2.75) is 55.4 Å². The van der Waals surface area contributed by atoms with Crippen LogP contribution in [-0.2, 0) is 0 Å². The number of rotatable bonds is 0. The fraction of sp³-hybridized carbons (Fsp3) is 0.143. The van der Waals surface area contributed by atoms with Gasteiger partial charge >= 0.3 is 0 Å². The molecule has 0 spiro atoms. The van der Waals surface area contributed by atoms with Crippen molar-refractivity contribution in [3.63, 3.8) is 0 Å². The molecule has 8 aromatic carbocycles. The zero-order valence-electron chi connectivity index (χ0n) is 37.9. The number of hydrogen-bond donors (Lipinski definition) is 0. The average molecular weight is 977 g/mol. The first-order chi connectivity index (χ1) is 32.4. The van der Waals surface area contributed by atoms with E-state index in [0.717, 1.165) is 32.3 Å². The van der Waals surface area contributed by atoms with E-state index in [1.165, 1.54) is 34.0 Å². The minimum atomic E-state index is -0.421. The van der Waals surface area contributed by atoms with Crippen LogP contribution in [-0.4, -0.2) is 0 Å². The number of fused-ring (bicyclic) bond motifs is 12. The van der Waals surface area contributed by atoms with Crippen molar-refractivity contribution in [3.8, 4) is 0 Å². The van der Waals surface area contributed by atoms with Crippen LogP contribution in [0.3, 0.4) is 0 Å². The monoisotopic (exact) mass is 976 g/mol. The smallest absolute Gasteiger partial charge is 0.171 e. The SMILES string of the molecule is Cc1ccc2c(oc3c(F)c(C)ccc32)c1F.Cc1ccc2c(sc3c(F)c(C)ccc32)c1F.Cc1ccc2c(sc3c(F)c(C)ccc32)c1F.Cc1ccc2c(sc3c(F)c(C)ccc32)c1F. The molecule has 0 radical (unpaired) electrons. The molecule has 0 bridgehead atoms. The van der Waals surface area contributed by atoms with Crippen LogP contribution in [0.15, 0.2) is 101 Å². The molecule has 0 saturated heterocycles. The van der Waals surface area contributed by atoms with Gasteiger partial charge in [-0.1, -0.05) is 97.1 Å². The van der Waals surface area contributed by atoms with E-state index in [1.807, 2.05) is 36.4 Å². The normalized spacial score (nSPS) is 11.5. The van der Waals surface area contributed by atoms with E-state index in [-0.39, 0.29) is 46.1 Å². The van der Waals surface area contributed by atoms with Gasteiger partial charge in [-0.25, -0.2) is 35.1 Å². The third kappa shape index (κ3) is 7.86. The first kappa shape index (κ1) is 46.8. The molecule has 0 atom stereocenters. The van der Waals surface area contributed by atoms with Gasteiger partial charge in [0.25, 0.3) is 0 Å². The average Bonchev–Trinajstić information content (AvgIpc) is 4.11. The summed E-state index contributed by atoms with van der Waals surface area (Å²) >= 11 is 3.58. The van der Waals surface area contributed by atoms with E-state index < -0.39 is 11.6 Å². The van der Waals surface area contributed by atoms with Gasteiger partial charge in [0.2, 0.25) is 0 Å². The Morgan fingerprint density at radius 3 is 0.588 bits per heavy atom. The summed E-state index contributed by atoms with van der Waals surface area (Å²) in [6.45, 7) is 13.7. The fourth-order valence-electron chi connectivity index (χ4n) is 8.14. The minimum Gasteiger partial charge on any atom is -0.450 e. The van der Waals surface area contributed by atoms with E-state index in [9.17, 15) is 35.1 Å². The van der Waals surface area contributed by atoms with E-state index in [2.05, 4.69) is 0 Å². The molecule has 4 heterocycles. The molecular formula is C56H40F8OS3. The number of benzene rings is 8. The van der Waals surface area contributed by atoms with Crippen LogP contribution < -0.4 is 0 Å². The van der Waals surface area contributed by atoms with Crippen LogP contribution in [0.2, 0.25) is 0 Å². The highest BCUT2D eigenvalue weighted by Crippen LogP contribution is 2.41. The topological polar surface area (TPSA) is 13.1 Å². The summed E-state index contributed by atoms with van der Waals surface area (Å²) in [5, 5.41) is 6.01. The highest BCUT2D eigenvalue weighted by molar-refractivity contribution is 7.26. The lowest BCUT2D eigenvalue weighted by atomic mass is 10.1. The highest BCUT2D eigenvalue weighted by Gasteiger charge is 2.19. The molecule has 12 heteroatoms. The van der Waals surface area contributed by atoms with Gasteiger partial charge < -0.3 is 4.42 Å². The number of thiophene rings is 3. The predicted molar refractivity (Wildman–Crippen MR) is 269 cm³/mol. The van der Waals surface area contributed by atoms with Gasteiger partial charge in [0.05, 0.1) is 28.2 Å². The molecule has 12 rings (SSSR count). The van der Waals surface area contributed by atoms with Crippen molar-refractivity contribution >= 4 is 116 Å². The van der Waals surface area contributed by atoms with Gasteiger partial charge in [-0.15, -0.1) is 34.0 Å². The Morgan fingerprint density at radius 2 is 0.397 bits per heavy atom. The van der Waals surface area contributed by atoms with Crippen molar-refractivity contribution in [1.29, 1.82) is 0 Å². The van der Waals surface area contributed by atoms with Crippen molar-refractivity contribution in [2.24, 2.45) is 0 Å². The summed E-state index contributed by atoms with van der Waals surface area (Å²) in [6, 6.07) is 28.5. The van der Waals surface area contributed by atoms with Crippen molar-refractivity contribution in [2.75, 3.05) is 0 Å². The number of halogens is 8. The Kier molecular flexibility index (Phi) is 12.3. The lowest BCUT2D eigenvalue weighted by Gasteiger charge is -1.97. The third-order valence-corrected chi connectivity index (χ3v) is 15.9. The molecular weight excluding hydrogens is 937 g/mol. The van der Waals surface area contributed by atoms with Crippen LogP contribution in [0.4, 0.5) is 35.1 Å². The summed E-state index contributed by atoms with van der Waals surface area (Å²) in [5.74, 6) is -2.25. The molecule has 4 aromatic heterocycles. The Hall–Kier alpha value is -6.34. The third-order valence-electron chi connectivity index (χ3n) is 12.3. The predicted octanol–water partition coefficient (Wildman–Crippen LogP) is 19.3. The summed E-state index contributed by atoms with van der Waals surface area (Å²) in [4.78, 5) is 0. The summed E-state index contributed by atoms with van der Waals surface area (Å²) in [5.41, 5.74) is 4.84. The summed E-state index contributed by atoms with van der Waals surface area (Å²) < 4.78 is 120. The van der Waals surface area contributed by atoms with Gasteiger partial charge in [-0.2, -0.15) is 0 Å². The van der Waals surface area contributed by atoms with Crippen LogP contribution >= 0.6 is 34.0 Å². The van der Waals surface area contributed by atoms with E-state index in [0.29, 0.717) is 83.5 Å². The molecule has 0 saturated carbocycles. The van der Waals surface area contributed by atoms with Gasteiger partial charge in [-0.3, -0.25) is 0 Å². The molecule has 12 aromatic rings. The molecule has 0 aliphatic rings. The van der Waals surface area contributed by atoms with Crippen molar-refractivity contribution < 1.29 is 39.5 Å². The van der Waals surface area contributed by atoms with E-state index >= 15 is 0 Å². The second-order valence-corrected chi connectivity index (χ2v) is 20.1. The van der Waals surface area contributed by atoms with Crippen LogP contribution in [0.25, 0.3) is 82.5 Å². The lowest BCUT2D eigenvalue weighted by Crippen LogP contribution is -1.81. The van der Waals surface area contributed by atoms with Crippen LogP contribution in [0.5, 0.6) is 0 Å². The Balaban J connectivity index is 0.000000113. The molecule has 68 heavy (non-hydrogen) atoms. The first-order valence-electron chi connectivity index (χ1n) is 21.4. The molecule has 1 nitrogen and oxygen atoms in total. The van der Waals surface area contributed by atoms with Gasteiger partial charge in [0.1, 0.15) is 34.9 Å². The van der Waals surface area contributed by atoms with E-state index in [4.69, 9.17) is 4.42 Å². The number of hydrogen-bond acceptors (Lipinski definition) is 4. The Bertz CT molecular complexity index is 3240. The largest absolute Gasteiger partial charge is 0.450 e. The van der Waals surface area contributed by atoms with Gasteiger partial charge in [0.15, 0.2) is 22.8 Å². The van der Waals surface area contributed by atoms with Crippen LogP contribution in [0, 0.1) is 102 Å². The Labute approximate surface area is 397 Å². The molecule has 0 unspecified atom stereocenters. The zero-order chi connectivity index (χ0) is 48.6. The van der Waals surface area contributed by atoms with Crippen molar-refractivity contribution in [1.82, 2.24) is 0 Å². The molecule has 0 aliphatic heterocycles. The minimum absolute atomic E-state index is 0.129. The molecule has 0 amide bonds. The van der Waals surface area contributed by atoms with Crippen molar-refractivity contribution in [3.05, 3.63) is 188 Å². The highest BCUT2D eigenvalue weighted by atomic mass is 32.1. The van der Waals surface area contributed by atoms with Gasteiger partial charge in [0, 0.05) is 43.1 Å². The summed E-state index contributed by atoms with van der Waals surface area (Å²) in [7, 11) is 0. The summed E-state index contributed by atoms with van der Waals surface area (Å²) in [6.07, 6.45) is 0. The molecule has 0 aliphatic carbocycles. The lowest BCUT2D eigenvalue weighted by molar-refractivity contribution is 0.552. The number of furan rings is 1. The Morgan fingerprint density at radius 1 is 0.235 bits per heavy atom. The maximum Gasteiger partial charge on any atom is 0.171 e. The van der Waals surface area contributed by atoms with E-state index in [1.54, 1.807) is 116 Å². The maximum absolute atomic E-state index is 14.0. The standard InChI is InChI=1S/C14H10F2O.3C14H10F2S/c4*1-7-3-5-9-10-6-4-8(2)12(16)14(10)17-13(9)11(7)15/h4*3-6H,1-2H3. The second kappa shape index (κ2) is 18.0. The molecule has 0 fully saturated rings.